The average Bonchev–Trinajstić information content (AvgIpc) is 2.63. The van der Waals surface area contributed by atoms with Gasteiger partial charge < -0.3 is 10.1 Å². The lowest BCUT2D eigenvalue weighted by molar-refractivity contribution is -0.122. The summed E-state index contributed by atoms with van der Waals surface area (Å²) in [5.74, 6) is 0.0115. The first-order valence-electron chi connectivity index (χ1n) is 9.16. The molecule has 29 heavy (non-hydrogen) atoms. The minimum atomic E-state index is -3.74. The number of benzene rings is 2. The normalized spacial score (nSPS) is 13.5. The fraction of sp³-hybridized carbons (Fsp3) is 0.381. The lowest BCUT2D eigenvalue weighted by Crippen LogP contribution is -2.48. The van der Waals surface area contributed by atoms with Crippen molar-refractivity contribution >= 4 is 33.2 Å². The third kappa shape index (κ3) is 5.42. The molecular formula is C21H27ClN2O4S. The highest BCUT2D eigenvalue weighted by Gasteiger charge is 2.30. The van der Waals surface area contributed by atoms with Gasteiger partial charge in [-0.25, -0.2) is 8.42 Å². The van der Waals surface area contributed by atoms with Gasteiger partial charge in [-0.1, -0.05) is 29.8 Å². The second-order valence-corrected chi connectivity index (χ2v) is 9.39. The number of carbonyl (C=O) groups is 1. The Labute approximate surface area is 177 Å². The molecule has 0 aromatic heterocycles. The standard InChI is InChI=1S/C21H27ClN2O4S/c1-13-7-8-17(11-14(13)2)15(3)23-21(25)16(4)24(29(6,26)27)18-9-10-20(28-5)19(22)12-18/h7-12,15-16H,1-6H3,(H,23,25). The van der Waals surface area contributed by atoms with E-state index in [1.54, 1.807) is 19.1 Å². The molecule has 0 saturated heterocycles. The van der Waals surface area contributed by atoms with Crippen molar-refractivity contribution in [1.82, 2.24) is 5.32 Å². The summed E-state index contributed by atoms with van der Waals surface area (Å²) in [6.07, 6.45) is 1.06. The third-order valence-corrected chi connectivity index (χ3v) is 6.41. The van der Waals surface area contributed by atoms with E-state index in [9.17, 15) is 13.2 Å². The second kappa shape index (κ2) is 9.05. The average molecular weight is 439 g/mol. The number of anilines is 1. The fourth-order valence-electron chi connectivity index (χ4n) is 3.05. The van der Waals surface area contributed by atoms with Crippen LogP contribution in [-0.2, 0) is 14.8 Å². The summed E-state index contributed by atoms with van der Waals surface area (Å²) in [6, 6.07) is 9.32. The first-order chi connectivity index (χ1) is 13.5. The Morgan fingerprint density at radius 3 is 2.28 bits per heavy atom. The van der Waals surface area contributed by atoms with Crippen molar-refractivity contribution in [3.63, 3.8) is 0 Å². The molecule has 0 aliphatic rings. The molecule has 0 aliphatic carbocycles. The molecule has 158 valence electrons. The number of sulfonamides is 1. The van der Waals surface area contributed by atoms with E-state index in [1.165, 1.54) is 18.7 Å². The number of nitrogens with one attached hydrogen (secondary N) is 1. The molecule has 1 N–H and O–H groups in total. The number of ether oxygens (including phenoxy) is 1. The SMILES string of the molecule is COc1ccc(N(C(C)C(=O)NC(C)c2ccc(C)c(C)c2)S(C)(=O)=O)cc1Cl. The number of carbonyl (C=O) groups excluding carboxylic acids is 1. The van der Waals surface area contributed by atoms with Gasteiger partial charge in [-0.05, 0) is 62.6 Å². The number of nitrogens with zero attached hydrogens (tertiary/aromatic N) is 1. The molecule has 1 amide bonds. The topological polar surface area (TPSA) is 75.7 Å². The molecule has 0 saturated carbocycles. The van der Waals surface area contributed by atoms with Crippen LogP contribution in [0.2, 0.25) is 5.02 Å². The maximum atomic E-state index is 12.9. The van der Waals surface area contributed by atoms with Crippen molar-refractivity contribution in [3.8, 4) is 5.75 Å². The van der Waals surface area contributed by atoms with Crippen LogP contribution in [0.1, 0.15) is 36.6 Å². The van der Waals surface area contributed by atoms with E-state index >= 15 is 0 Å². The molecule has 2 aromatic rings. The fourth-order valence-corrected chi connectivity index (χ4v) is 4.47. The maximum absolute atomic E-state index is 12.9. The van der Waals surface area contributed by atoms with Gasteiger partial charge in [-0.3, -0.25) is 9.10 Å². The molecular weight excluding hydrogens is 412 g/mol. The predicted octanol–water partition coefficient (Wildman–Crippen LogP) is 4.00. The Hall–Kier alpha value is -2.25. The van der Waals surface area contributed by atoms with E-state index < -0.39 is 22.0 Å². The molecule has 0 fully saturated rings. The van der Waals surface area contributed by atoms with E-state index in [0.29, 0.717) is 11.4 Å². The molecule has 0 aliphatic heterocycles. The van der Waals surface area contributed by atoms with Crippen LogP contribution < -0.4 is 14.4 Å². The largest absolute Gasteiger partial charge is 0.495 e. The van der Waals surface area contributed by atoms with Crippen molar-refractivity contribution in [1.29, 1.82) is 0 Å². The molecule has 2 unspecified atom stereocenters. The number of hydrogen-bond donors (Lipinski definition) is 1. The second-order valence-electron chi connectivity index (χ2n) is 7.13. The molecule has 2 rings (SSSR count). The van der Waals surface area contributed by atoms with Crippen molar-refractivity contribution in [2.24, 2.45) is 0 Å². The van der Waals surface area contributed by atoms with Gasteiger partial charge in [0.2, 0.25) is 15.9 Å². The summed E-state index contributed by atoms with van der Waals surface area (Å²) in [7, 11) is -2.27. The van der Waals surface area contributed by atoms with Crippen LogP contribution >= 0.6 is 11.6 Å². The van der Waals surface area contributed by atoms with Gasteiger partial charge in [0.15, 0.2) is 0 Å². The first-order valence-corrected chi connectivity index (χ1v) is 11.4. The maximum Gasteiger partial charge on any atom is 0.244 e. The highest BCUT2D eigenvalue weighted by atomic mass is 35.5. The van der Waals surface area contributed by atoms with Crippen molar-refractivity contribution in [3.05, 3.63) is 58.1 Å². The monoisotopic (exact) mass is 438 g/mol. The number of methoxy groups -OCH3 is 1. The van der Waals surface area contributed by atoms with Crippen LogP contribution in [0.15, 0.2) is 36.4 Å². The van der Waals surface area contributed by atoms with Crippen molar-refractivity contribution in [2.45, 2.75) is 39.8 Å². The molecule has 6 nitrogen and oxygen atoms in total. The summed E-state index contributed by atoms with van der Waals surface area (Å²) in [4.78, 5) is 12.9. The number of aryl methyl sites for hydroxylation is 2. The van der Waals surface area contributed by atoms with Gasteiger partial charge in [0, 0.05) is 0 Å². The molecule has 0 radical (unpaired) electrons. The molecule has 2 aromatic carbocycles. The Bertz CT molecular complexity index is 1010. The summed E-state index contributed by atoms with van der Waals surface area (Å²) in [5, 5.41) is 3.16. The van der Waals surface area contributed by atoms with E-state index in [1.807, 2.05) is 39.0 Å². The van der Waals surface area contributed by atoms with Gasteiger partial charge in [0.25, 0.3) is 0 Å². The molecule has 0 spiro atoms. The van der Waals surface area contributed by atoms with Gasteiger partial charge >= 0.3 is 0 Å². The zero-order valence-corrected chi connectivity index (χ0v) is 19.1. The summed E-state index contributed by atoms with van der Waals surface area (Å²) < 4.78 is 31.1. The number of rotatable bonds is 7. The quantitative estimate of drug-likeness (QED) is 0.708. The number of halogens is 1. The van der Waals surface area contributed by atoms with Crippen LogP contribution in [0.3, 0.4) is 0 Å². The van der Waals surface area contributed by atoms with Crippen LogP contribution in [0.4, 0.5) is 5.69 Å². The Balaban J connectivity index is 2.29. The van der Waals surface area contributed by atoms with E-state index in [2.05, 4.69) is 5.32 Å². The minimum Gasteiger partial charge on any atom is -0.495 e. The van der Waals surface area contributed by atoms with Gasteiger partial charge in [-0.15, -0.1) is 0 Å². The summed E-state index contributed by atoms with van der Waals surface area (Å²) in [5.41, 5.74) is 3.54. The van der Waals surface area contributed by atoms with Crippen LogP contribution in [0, 0.1) is 13.8 Å². The van der Waals surface area contributed by atoms with E-state index in [-0.39, 0.29) is 11.1 Å². The smallest absolute Gasteiger partial charge is 0.244 e. The third-order valence-electron chi connectivity index (χ3n) is 4.87. The van der Waals surface area contributed by atoms with Crippen LogP contribution in [0.5, 0.6) is 5.75 Å². The minimum absolute atomic E-state index is 0.259. The Morgan fingerprint density at radius 1 is 1.10 bits per heavy atom. The van der Waals surface area contributed by atoms with E-state index in [4.69, 9.17) is 16.3 Å². The Morgan fingerprint density at radius 2 is 1.76 bits per heavy atom. The summed E-state index contributed by atoms with van der Waals surface area (Å²) in [6.45, 7) is 7.44. The van der Waals surface area contributed by atoms with Gasteiger partial charge in [0.1, 0.15) is 11.8 Å². The molecule has 8 heteroatoms. The highest BCUT2D eigenvalue weighted by molar-refractivity contribution is 7.92. The lowest BCUT2D eigenvalue weighted by Gasteiger charge is -2.29. The van der Waals surface area contributed by atoms with Crippen molar-refractivity contribution < 1.29 is 17.9 Å². The zero-order valence-electron chi connectivity index (χ0n) is 17.5. The number of hydrogen-bond acceptors (Lipinski definition) is 4. The summed E-state index contributed by atoms with van der Waals surface area (Å²) >= 11 is 6.15. The van der Waals surface area contributed by atoms with Gasteiger partial charge in [-0.2, -0.15) is 0 Å². The molecule has 0 heterocycles. The highest BCUT2D eigenvalue weighted by Crippen LogP contribution is 2.31. The Kier molecular flexibility index (Phi) is 7.19. The van der Waals surface area contributed by atoms with Crippen LogP contribution in [0.25, 0.3) is 0 Å². The lowest BCUT2D eigenvalue weighted by atomic mass is 10.0. The van der Waals surface area contributed by atoms with Gasteiger partial charge in [0.05, 0.1) is 30.1 Å². The van der Waals surface area contributed by atoms with Crippen LogP contribution in [-0.4, -0.2) is 33.7 Å². The van der Waals surface area contributed by atoms with E-state index in [0.717, 1.165) is 21.7 Å². The zero-order chi connectivity index (χ0) is 21.9. The predicted molar refractivity (Wildman–Crippen MR) is 117 cm³/mol. The number of amides is 1. The molecule has 2 atom stereocenters. The molecule has 0 bridgehead atoms. The first kappa shape index (κ1) is 23.0. The van der Waals surface area contributed by atoms with Crippen molar-refractivity contribution in [2.75, 3.05) is 17.7 Å².